The minimum atomic E-state index is -1.10. The zero-order chi connectivity index (χ0) is 20.1. The Bertz CT molecular complexity index is 1110. The molecule has 3 aromatic rings. The molecule has 0 saturated heterocycles. The number of nitrogens with zero attached hydrogens (tertiary/aromatic N) is 2. The van der Waals surface area contributed by atoms with Gasteiger partial charge in [-0.15, -0.1) is 0 Å². The summed E-state index contributed by atoms with van der Waals surface area (Å²) in [7, 11) is 0. The molecule has 6 nitrogen and oxygen atoms in total. The molecule has 138 valence electrons. The number of nitrogens with one attached hydrogen (secondary N) is 2. The van der Waals surface area contributed by atoms with Crippen LogP contribution in [-0.2, 0) is 0 Å². The molecular weight excluding hydrogens is 366 g/mol. The zero-order valence-electron chi connectivity index (χ0n) is 14.2. The normalized spacial score (nSPS) is 10.0. The van der Waals surface area contributed by atoms with E-state index < -0.39 is 23.4 Å². The van der Waals surface area contributed by atoms with Gasteiger partial charge in [-0.05, 0) is 42.5 Å². The van der Waals surface area contributed by atoms with Gasteiger partial charge >= 0.3 is 0 Å². The number of halogens is 2. The highest BCUT2D eigenvalue weighted by atomic mass is 19.2. The van der Waals surface area contributed by atoms with Gasteiger partial charge < -0.3 is 10.6 Å². The van der Waals surface area contributed by atoms with Gasteiger partial charge in [0.15, 0.2) is 11.6 Å². The predicted octanol–water partition coefficient (Wildman–Crippen LogP) is 3.74. The van der Waals surface area contributed by atoms with Crippen molar-refractivity contribution in [1.29, 1.82) is 5.26 Å². The molecule has 0 saturated carbocycles. The minimum absolute atomic E-state index is 0.0499. The average Bonchev–Trinajstić information content (AvgIpc) is 2.71. The molecule has 0 aliphatic heterocycles. The van der Waals surface area contributed by atoms with E-state index in [4.69, 9.17) is 5.26 Å². The summed E-state index contributed by atoms with van der Waals surface area (Å²) in [6, 6.07) is 13.9. The van der Waals surface area contributed by atoms with Gasteiger partial charge in [0.25, 0.3) is 11.8 Å². The van der Waals surface area contributed by atoms with Crippen LogP contribution in [-0.4, -0.2) is 16.8 Å². The van der Waals surface area contributed by atoms with Crippen LogP contribution in [0.3, 0.4) is 0 Å². The first kappa shape index (κ1) is 18.7. The van der Waals surface area contributed by atoms with Crippen LogP contribution < -0.4 is 10.6 Å². The molecule has 28 heavy (non-hydrogen) atoms. The summed E-state index contributed by atoms with van der Waals surface area (Å²) in [5.74, 6) is -3.32. The molecule has 3 rings (SSSR count). The van der Waals surface area contributed by atoms with Crippen molar-refractivity contribution in [3.05, 3.63) is 89.2 Å². The summed E-state index contributed by atoms with van der Waals surface area (Å²) in [5, 5.41) is 13.9. The molecule has 1 heterocycles. The molecule has 0 aliphatic carbocycles. The highest BCUT2D eigenvalue weighted by Crippen LogP contribution is 2.15. The highest BCUT2D eigenvalue weighted by Gasteiger charge is 2.13. The molecule has 2 N–H and O–H groups in total. The van der Waals surface area contributed by atoms with Crippen molar-refractivity contribution in [3.63, 3.8) is 0 Å². The Morgan fingerprint density at radius 2 is 1.64 bits per heavy atom. The van der Waals surface area contributed by atoms with Crippen LogP contribution >= 0.6 is 0 Å². The largest absolute Gasteiger partial charge is 0.322 e. The van der Waals surface area contributed by atoms with Gasteiger partial charge in [-0.2, -0.15) is 5.26 Å². The van der Waals surface area contributed by atoms with Gasteiger partial charge in [-0.3, -0.25) is 14.6 Å². The van der Waals surface area contributed by atoms with Crippen LogP contribution in [0.1, 0.15) is 26.4 Å². The van der Waals surface area contributed by atoms with Gasteiger partial charge in [-0.25, -0.2) is 8.78 Å². The van der Waals surface area contributed by atoms with E-state index in [1.807, 2.05) is 6.07 Å². The Morgan fingerprint density at radius 1 is 0.893 bits per heavy atom. The molecule has 0 spiro atoms. The van der Waals surface area contributed by atoms with E-state index in [-0.39, 0.29) is 16.9 Å². The Kier molecular flexibility index (Phi) is 5.37. The van der Waals surface area contributed by atoms with Crippen LogP contribution in [0.2, 0.25) is 0 Å². The number of nitriles is 1. The maximum absolute atomic E-state index is 13.2. The third-order valence-electron chi connectivity index (χ3n) is 3.68. The monoisotopic (exact) mass is 378 g/mol. The van der Waals surface area contributed by atoms with Crippen LogP contribution in [0, 0.1) is 23.0 Å². The molecule has 0 atom stereocenters. The standard InChI is InChI=1S/C20H12F2N4O2/c21-16-5-4-15(10-17(16)22)26-20(28)18-9-13(6-7-24-18)19(27)25-14-3-1-2-12(8-14)11-23/h1-10H,(H,25,27)(H,26,28). The van der Waals surface area contributed by atoms with Crippen molar-refractivity contribution >= 4 is 23.2 Å². The van der Waals surface area contributed by atoms with E-state index in [2.05, 4.69) is 15.6 Å². The van der Waals surface area contributed by atoms with E-state index in [1.54, 1.807) is 18.2 Å². The number of pyridine rings is 1. The summed E-state index contributed by atoms with van der Waals surface area (Å²) < 4.78 is 26.2. The molecule has 0 aliphatic rings. The maximum atomic E-state index is 13.2. The Morgan fingerprint density at radius 3 is 2.39 bits per heavy atom. The fraction of sp³-hybridized carbons (Fsp3) is 0. The number of benzene rings is 2. The average molecular weight is 378 g/mol. The van der Waals surface area contributed by atoms with Gasteiger partial charge in [0.1, 0.15) is 5.69 Å². The first-order valence-electron chi connectivity index (χ1n) is 8.00. The van der Waals surface area contributed by atoms with Crippen molar-refractivity contribution in [1.82, 2.24) is 4.98 Å². The second-order valence-corrected chi connectivity index (χ2v) is 5.66. The summed E-state index contributed by atoms with van der Waals surface area (Å²) in [4.78, 5) is 28.5. The predicted molar refractivity (Wildman–Crippen MR) is 97.7 cm³/mol. The Balaban J connectivity index is 1.75. The molecule has 0 fully saturated rings. The number of hydrogen-bond acceptors (Lipinski definition) is 4. The van der Waals surface area contributed by atoms with Crippen molar-refractivity contribution in [2.24, 2.45) is 0 Å². The topological polar surface area (TPSA) is 94.9 Å². The first-order valence-corrected chi connectivity index (χ1v) is 8.00. The second kappa shape index (κ2) is 8.05. The number of carbonyl (C=O) groups excluding carboxylic acids is 2. The van der Waals surface area contributed by atoms with E-state index in [1.165, 1.54) is 30.5 Å². The number of aromatic nitrogens is 1. The minimum Gasteiger partial charge on any atom is -0.322 e. The van der Waals surface area contributed by atoms with Gasteiger partial charge in [0, 0.05) is 29.2 Å². The lowest BCUT2D eigenvalue weighted by Crippen LogP contribution is -2.17. The molecule has 8 heteroatoms. The van der Waals surface area contributed by atoms with Crippen LogP contribution in [0.15, 0.2) is 60.8 Å². The molecule has 2 aromatic carbocycles. The zero-order valence-corrected chi connectivity index (χ0v) is 14.2. The van der Waals surface area contributed by atoms with Crippen molar-refractivity contribution in [2.75, 3.05) is 10.6 Å². The van der Waals surface area contributed by atoms with Gasteiger partial charge in [0.2, 0.25) is 0 Å². The summed E-state index contributed by atoms with van der Waals surface area (Å²) in [5.41, 5.74) is 0.942. The summed E-state index contributed by atoms with van der Waals surface area (Å²) in [6.45, 7) is 0. The fourth-order valence-electron chi connectivity index (χ4n) is 2.33. The van der Waals surface area contributed by atoms with Crippen LogP contribution in [0.25, 0.3) is 0 Å². The first-order chi connectivity index (χ1) is 13.5. The number of hydrogen-bond donors (Lipinski definition) is 2. The van der Waals surface area contributed by atoms with E-state index in [0.29, 0.717) is 11.3 Å². The Labute approximate surface area is 158 Å². The third-order valence-corrected chi connectivity index (χ3v) is 3.68. The summed E-state index contributed by atoms with van der Waals surface area (Å²) in [6.07, 6.45) is 1.28. The lowest BCUT2D eigenvalue weighted by molar-refractivity contribution is 0.102. The lowest BCUT2D eigenvalue weighted by Gasteiger charge is -2.08. The number of anilines is 2. The molecule has 0 bridgehead atoms. The van der Waals surface area contributed by atoms with Crippen LogP contribution in [0.4, 0.5) is 20.2 Å². The molecule has 1 aromatic heterocycles. The van der Waals surface area contributed by atoms with Gasteiger partial charge in [-0.1, -0.05) is 6.07 Å². The van der Waals surface area contributed by atoms with Crippen molar-refractivity contribution in [2.45, 2.75) is 0 Å². The number of carbonyl (C=O) groups is 2. The van der Waals surface area contributed by atoms with Crippen molar-refractivity contribution in [3.8, 4) is 6.07 Å². The summed E-state index contributed by atoms with van der Waals surface area (Å²) >= 11 is 0. The van der Waals surface area contributed by atoms with Crippen LogP contribution in [0.5, 0.6) is 0 Å². The molecule has 2 amide bonds. The maximum Gasteiger partial charge on any atom is 0.274 e. The smallest absolute Gasteiger partial charge is 0.274 e. The molecule has 0 unspecified atom stereocenters. The Hall–Kier alpha value is -4.12. The van der Waals surface area contributed by atoms with Crippen molar-refractivity contribution < 1.29 is 18.4 Å². The molecule has 0 radical (unpaired) electrons. The lowest BCUT2D eigenvalue weighted by atomic mass is 10.2. The van der Waals surface area contributed by atoms with E-state index in [0.717, 1.165) is 12.1 Å². The van der Waals surface area contributed by atoms with Gasteiger partial charge in [0.05, 0.1) is 11.6 Å². The SMILES string of the molecule is N#Cc1cccc(NC(=O)c2ccnc(C(=O)Nc3ccc(F)c(F)c3)c2)c1. The molecular formula is C20H12F2N4O2. The van der Waals surface area contributed by atoms with E-state index in [9.17, 15) is 18.4 Å². The van der Waals surface area contributed by atoms with E-state index >= 15 is 0 Å². The highest BCUT2D eigenvalue weighted by molar-refractivity contribution is 6.07. The second-order valence-electron chi connectivity index (χ2n) is 5.66. The number of amides is 2. The third kappa shape index (κ3) is 4.34. The fourth-order valence-corrected chi connectivity index (χ4v) is 2.33. The number of rotatable bonds is 4. The quantitative estimate of drug-likeness (QED) is 0.723.